The van der Waals surface area contributed by atoms with Crippen molar-refractivity contribution >= 4 is 11.4 Å². The predicted octanol–water partition coefficient (Wildman–Crippen LogP) is 2.63. The van der Waals surface area contributed by atoms with Crippen molar-refractivity contribution in [3.63, 3.8) is 0 Å². The Bertz CT molecular complexity index is 912. The zero-order valence-corrected chi connectivity index (χ0v) is 13.0. The molecule has 0 radical (unpaired) electrons. The predicted molar refractivity (Wildman–Crippen MR) is 84.8 cm³/mol. The number of aryl methyl sites for hydroxylation is 2. The van der Waals surface area contributed by atoms with E-state index in [0.29, 0.717) is 17.8 Å². The van der Waals surface area contributed by atoms with Crippen LogP contribution in [-0.2, 0) is 6.42 Å². The summed E-state index contributed by atoms with van der Waals surface area (Å²) < 4.78 is 6.99. The van der Waals surface area contributed by atoms with E-state index in [4.69, 9.17) is 4.74 Å². The summed E-state index contributed by atoms with van der Waals surface area (Å²) in [4.78, 5) is 12.0. The second kappa shape index (κ2) is 5.15. The van der Waals surface area contributed by atoms with Gasteiger partial charge in [-0.2, -0.15) is 5.10 Å². The number of hydrogen-bond acceptors (Lipinski definition) is 5. The largest absolute Gasteiger partial charge is 0.497 e. The molecule has 6 nitrogen and oxygen atoms in total. The van der Waals surface area contributed by atoms with Crippen LogP contribution < -0.4 is 4.74 Å². The number of benzene rings is 1. The molecule has 0 saturated carbocycles. The fourth-order valence-corrected chi connectivity index (χ4v) is 3.12. The van der Waals surface area contributed by atoms with Crippen LogP contribution in [0.2, 0.25) is 0 Å². The molecule has 1 aromatic carbocycles. The van der Waals surface area contributed by atoms with Crippen molar-refractivity contribution in [3.05, 3.63) is 41.3 Å². The fraction of sp³-hybridized carbons (Fsp3) is 0.294. The van der Waals surface area contributed by atoms with Crippen molar-refractivity contribution in [1.29, 1.82) is 0 Å². The first-order valence-electron chi connectivity index (χ1n) is 7.61. The Hall–Kier alpha value is -2.76. The Morgan fingerprint density at radius 1 is 1.13 bits per heavy atom. The van der Waals surface area contributed by atoms with E-state index in [1.165, 1.54) is 0 Å². The molecule has 2 heterocycles. The van der Waals surface area contributed by atoms with E-state index in [9.17, 15) is 4.79 Å². The Morgan fingerprint density at radius 3 is 2.65 bits per heavy atom. The number of carbonyl (C=O) groups excluding carboxylic acids is 1. The van der Waals surface area contributed by atoms with Gasteiger partial charge in [-0.3, -0.25) is 4.79 Å². The van der Waals surface area contributed by atoms with Gasteiger partial charge in [-0.1, -0.05) is 12.1 Å². The third kappa shape index (κ3) is 2.10. The van der Waals surface area contributed by atoms with Gasteiger partial charge in [0.15, 0.2) is 17.1 Å². The van der Waals surface area contributed by atoms with Crippen LogP contribution in [0, 0.1) is 6.92 Å². The first kappa shape index (κ1) is 13.9. The van der Waals surface area contributed by atoms with Crippen LogP contribution in [-0.4, -0.2) is 32.7 Å². The molecule has 116 valence electrons. The van der Waals surface area contributed by atoms with Crippen molar-refractivity contribution < 1.29 is 9.53 Å². The summed E-state index contributed by atoms with van der Waals surface area (Å²) in [5.41, 5.74) is 4.86. The molecule has 0 atom stereocenters. The van der Waals surface area contributed by atoms with Gasteiger partial charge >= 0.3 is 0 Å². The minimum atomic E-state index is 0.0554. The van der Waals surface area contributed by atoms with Crippen molar-refractivity contribution in [2.75, 3.05) is 7.11 Å². The summed E-state index contributed by atoms with van der Waals surface area (Å²) in [5.74, 6) is 0.858. The third-order valence-electron chi connectivity index (χ3n) is 4.27. The highest BCUT2D eigenvalue weighted by molar-refractivity contribution is 5.96. The van der Waals surface area contributed by atoms with Gasteiger partial charge in [-0.15, -0.1) is 10.2 Å². The lowest BCUT2D eigenvalue weighted by Gasteiger charge is -2.13. The molecule has 0 unspecified atom stereocenters. The quantitative estimate of drug-likeness (QED) is 0.728. The molecular weight excluding hydrogens is 292 g/mol. The molecule has 2 aromatic heterocycles. The van der Waals surface area contributed by atoms with Crippen LogP contribution in [0.5, 0.6) is 5.75 Å². The molecule has 0 N–H and O–H groups in total. The highest BCUT2D eigenvalue weighted by atomic mass is 16.5. The SMILES string of the molecule is COc1ccc(-c2c(C)nn3c4c(nnc23)C(=O)CCC4)cc1. The lowest BCUT2D eigenvalue weighted by Crippen LogP contribution is -2.18. The number of fused-ring (bicyclic) bond motifs is 3. The zero-order chi connectivity index (χ0) is 16.0. The van der Waals surface area contributed by atoms with Crippen molar-refractivity contribution in [2.24, 2.45) is 0 Å². The summed E-state index contributed by atoms with van der Waals surface area (Å²) in [6.45, 7) is 1.95. The Kier molecular flexibility index (Phi) is 3.11. The standard InChI is InChI=1S/C17H16N4O2/c1-10-15(11-6-8-12(23-2)9-7-11)17-19-18-16-13(21(17)20-10)4-3-5-14(16)22/h6-9H,3-5H2,1-2H3. The summed E-state index contributed by atoms with van der Waals surface area (Å²) in [6.07, 6.45) is 2.18. The van der Waals surface area contributed by atoms with Gasteiger partial charge in [0.2, 0.25) is 0 Å². The molecule has 0 saturated heterocycles. The molecule has 4 rings (SSSR count). The van der Waals surface area contributed by atoms with Crippen LogP contribution in [0.4, 0.5) is 0 Å². The molecule has 1 aliphatic rings. The second-order valence-electron chi connectivity index (χ2n) is 5.70. The van der Waals surface area contributed by atoms with E-state index in [1.54, 1.807) is 11.6 Å². The van der Waals surface area contributed by atoms with Gasteiger partial charge in [0.05, 0.1) is 24.1 Å². The maximum absolute atomic E-state index is 12.0. The Balaban J connectivity index is 1.94. The zero-order valence-electron chi connectivity index (χ0n) is 13.0. The second-order valence-corrected chi connectivity index (χ2v) is 5.70. The van der Waals surface area contributed by atoms with Gasteiger partial charge in [0, 0.05) is 6.42 Å². The van der Waals surface area contributed by atoms with E-state index in [-0.39, 0.29) is 5.78 Å². The summed E-state index contributed by atoms with van der Waals surface area (Å²) in [7, 11) is 1.64. The Labute approximate surface area is 133 Å². The molecule has 0 fully saturated rings. The first-order valence-corrected chi connectivity index (χ1v) is 7.61. The van der Waals surface area contributed by atoms with Crippen LogP contribution in [0.1, 0.15) is 34.7 Å². The molecule has 0 amide bonds. The smallest absolute Gasteiger partial charge is 0.185 e. The van der Waals surface area contributed by atoms with E-state index in [1.807, 2.05) is 31.2 Å². The highest BCUT2D eigenvalue weighted by Gasteiger charge is 2.25. The summed E-state index contributed by atoms with van der Waals surface area (Å²) in [5, 5.41) is 13.1. The number of carbonyl (C=O) groups is 1. The molecule has 0 aliphatic heterocycles. The number of hydrogen-bond donors (Lipinski definition) is 0. The topological polar surface area (TPSA) is 69.4 Å². The molecule has 6 heteroatoms. The number of Topliss-reactive ketones (excluding diaryl/α,β-unsaturated/α-hetero) is 1. The molecule has 1 aliphatic carbocycles. The molecule has 3 aromatic rings. The van der Waals surface area contributed by atoms with Gasteiger partial charge in [-0.05, 0) is 37.5 Å². The van der Waals surface area contributed by atoms with E-state index < -0.39 is 0 Å². The van der Waals surface area contributed by atoms with Gasteiger partial charge in [-0.25, -0.2) is 4.52 Å². The van der Waals surface area contributed by atoms with Gasteiger partial charge in [0.1, 0.15) is 5.75 Å². The van der Waals surface area contributed by atoms with Crippen molar-refractivity contribution in [3.8, 4) is 16.9 Å². The number of ketones is 1. The van der Waals surface area contributed by atoms with Crippen molar-refractivity contribution in [2.45, 2.75) is 26.2 Å². The number of methoxy groups -OCH3 is 1. The normalized spacial score (nSPS) is 14.1. The average molecular weight is 308 g/mol. The lowest BCUT2D eigenvalue weighted by molar-refractivity contribution is 0.0964. The van der Waals surface area contributed by atoms with Gasteiger partial charge in [0.25, 0.3) is 0 Å². The van der Waals surface area contributed by atoms with Crippen molar-refractivity contribution in [1.82, 2.24) is 19.8 Å². The van der Waals surface area contributed by atoms with Gasteiger partial charge < -0.3 is 4.74 Å². The maximum Gasteiger partial charge on any atom is 0.185 e. The monoisotopic (exact) mass is 308 g/mol. The average Bonchev–Trinajstić information content (AvgIpc) is 2.92. The Morgan fingerprint density at radius 2 is 1.91 bits per heavy atom. The lowest BCUT2D eigenvalue weighted by atomic mass is 9.99. The van der Waals surface area contributed by atoms with Crippen LogP contribution >= 0.6 is 0 Å². The van der Waals surface area contributed by atoms with Crippen LogP contribution in [0.3, 0.4) is 0 Å². The van der Waals surface area contributed by atoms with E-state index in [2.05, 4.69) is 15.3 Å². The number of aromatic nitrogens is 4. The molecule has 0 bridgehead atoms. The number of ether oxygens (including phenoxy) is 1. The third-order valence-corrected chi connectivity index (χ3v) is 4.27. The van der Waals surface area contributed by atoms with Crippen LogP contribution in [0.15, 0.2) is 24.3 Å². The summed E-state index contributed by atoms with van der Waals surface area (Å²) >= 11 is 0. The van der Waals surface area contributed by atoms with E-state index >= 15 is 0 Å². The minimum absolute atomic E-state index is 0.0554. The molecule has 23 heavy (non-hydrogen) atoms. The first-order chi connectivity index (χ1) is 11.2. The van der Waals surface area contributed by atoms with E-state index in [0.717, 1.165) is 41.1 Å². The van der Waals surface area contributed by atoms with Crippen LogP contribution in [0.25, 0.3) is 16.8 Å². The molecular formula is C17H16N4O2. The maximum atomic E-state index is 12.0. The minimum Gasteiger partial charge on any atom is -0.497 e. The molecule has 0 spiro atoms. The highest BCUT2D eigenvalue weighted by Crippen LogP contribution is 2.30. The number of rotatable bonds is 2. The fourth-order valence-electron chi connectivity index (χ4n) is 3.12. The number of nitrogens with zero attached hydrogens (tertiary/aromatic N) is 4. The summed E-state index contributed by atoms with van der Waals surface area (Å²) in [6, 6.07) is 7.78.